The monoisotopic (exact) mass is 803 g/mol. The second-order valence-electron chi connectivity index (χ2n) is 14.1. The molecule has 0 aromatic rings. The minimum Gasteiger partial charge on any atom is -0.387 e. The van der Waals surface area contributed by atoms with Crippen molar-refractivity contribution in [1.82, 2.24) is 5.32 Å². The fourth-order valence-electron chi connectivity index (χ4n) is 6.18. The van der Waals surface area contributed by atoms with Crippen molar-refractivity contribution in [1.29, 1.82) is 0 Å². The minimum atomic E-state index is -5.23. The highest BCUT2D eigenvalue weighted by Crippen LogP contribution is 2.26. The standard InChI is InChI=1S/C36H69NO14S2/c1-3-5-7-9-11-13-14-15-16-18-19-21-23-25-30(38)29(37-32(39)26-24-22-20-17-12-10-8-6-4-2)27-48-36-34(41)35(51-53(45,46)47)33(40)31(50-36)28-49-52(42,43)44/h23,25,29-31,33-36,38,40-41H,3-22,24,26-28H2,1-2H3,(H,37,39)(H,42,43,44)(H,45,46,47)/b25-23+/t29-,30+,31+,33-,34?,35?,36+/m0/s1. The molecule has 6 N–H and O–H groups in total. The molecule has 0 aromatic carbocycles. The average molecular weight is 804 g/mol. The maximum atomic E-state index is 12.9. The number of hydrogen-bond donors (Lipinski definition) is 6. The summed E-state index contributed by atoms with van der Waals surface area (Å²) in [5, 5.41) is 35.0. The van der Waals surface area contributed by atoms with Gasteiger partial charge in [0.2, 0.25) is 5.91 Å². The summed E-state index contributed by atoms with van der Waals surface area (Å²) in [7, 11) is -10.2. The van der Waals surface area contributed by atoms with E-state index in [0.29, 0.717) is 12.8 Å². The fourth-order valence-corrected chi connectivity index (χ4v) is 6.99. The lowest BCUT2D eigenvalue weighted by Gasteiger charge is -2.41. The van der Waals surface area contributed by atoms with Crippen LogP contribution in [0.2, 0.25) is 0 Å². The van der Waals surface area contributed by atoms with Crippen molar-refractivity contribution in [3.8, 4) is 0 Å². The number of nitrogens with one attached hydrogen (secondary N) is 1. The molecule has 15 nitrogen and oxygen atoms in total. The highest BCUT2D eigenvalue weighted by molar-refractivity contribution is 7.81. The van der Waals surface area contributed by atoms with Crippen molar-refractivity contribution in [2.75, 3.05) is 13.2 Å². The molecule has 1 fully saturated rings. The maximum Gasteiger partial charge on any atom is 0.397 e. The summed E-state index contributed by atoms with van der Waals surface area (Å²) in [5.74, 6) is -0.341. The Kier molecular flexibility index (Phi) is 27.3. The van der Waals surface area contributed by atoms with Gasteiger partial charge >= 0.3 is 20.8 Å². The first-order valence-electron chi connectivity index (χ1n) is 19.7. The van der Waals surface area contributed by atoms with Gasteiger partial charge in [-0.1, -0.05) is 142 Å². The molecule has 53 heavy (non-hydrogen) atoms. The third-order valence-electron chi connectivity index (χ3n) is 9.27. The van der Waals surface area contributed by atoms with Crippen LogP contribution >= 0.6 is 0 Å². The van der Waals surface area contributed by atoms with Gasteiger partial charge in [-0.15, -0.1) is 0 Å². The Balaban J connectivity index is 2.81. The number of aliphatic hydroxyl groups is 3. The highest BCUT2D eigenvalue weighted by Gasteiger charge is 2.48. The summed E-state index contributed by atoms with van der Waals surface area (Å²) in [6.07, 6.45) is 16.2. The lowest BCUT2D eigenvalue weighted by atomic mass is 9.99. The molecule has 1 heterocycles. The lowest BCUT2D eigenvalue weighted by Crippen LogP contribution is -2.61. The first kappa shape index (κ1) is 49.8. The summed E-state index contributed by atoms with van der Waals surface area (Å²) < 4.78 is 83.0. The Morgan fingerprint density at radius 1 is 0.736 bits per heavy atom. The van der Waals surface area contributed by atoms with Crippen LogP contribution in [0.25, 0.3) is 0 Å². The van der Waals surface area contributed by atoms with Crippen molar-refractivity contribution >= 4 is 26.7 Å². The van der Waals surface area contributed by atoms with Gasteiger partial charge in [-0.2, -0.15) is 16.8 Å². The topological polar surface area (TPSA) is 235 Å². The third kappa shape index (κ3) is 25.5. The number of hydrogen-bond acceptors (Lipinski definition) is 12. The van der Waals surface area contributed by atoms with Gasteiger partial charge in [0.05, 0.1) is 25.4 Å². The summed E-state index contributed by atoms with van der Waals surface area (Å²) in [6.45, 7) is 2.87. The molecule has 1 aliphatic heterocycles. The van der Waals surface area contributed by atoms with Crippen LogP contribution < -0.4 is 5.32 Å². The van der Waals surface area contributed by atoms with Crippen molar-refractivity contribution in [2.24, 2.45) is 0 Å². The van der Waals surface area contributed by atoms with Crippen molar-refractivity contribution in [2.45, 2.75) is 198 Å². The van der Waals surface area contributed by atoms with Crippen molar-refractivity contribution in [3.63, 3.8) is 0 Å². The van der Waals surface area contributed by atoms with E-state index < -0.39 is 76.9 Å². The SMILES string of the molecule is CCCCCCCCCCCCC/C=C/[C@@H](O)[C@H](CO[C@@H]1O[C@H](COS(=O)(=O)O)[C@H](O)C(OS(=O)(=O)O)C1O)NC(=O)CCCCCCCCCCC. The molecule has 1 aliphatic rings. The van der Waals surface area contributed by atoms with Crippen LogP contribution in [0.4, 0.5) is 0 Å². The smallest absolute Gasteiger partial charge is 0.387 e. The first-order chi connectivity index (χ1) is 25.2. The molecular formula is C36H69NO14S2. The Morgan fingerprint density at radius 2 is 1.23 bits per heavy atom. The zero-order chi connectivity index (χ0) is 39.5. The molecule has 314 valence electrons. The summed E-state index contributed by atoms with van der Waals surface area (Å²) >= 11 is 0. The maximum absolute atomic E-state index is 12.9. The van der Waals surface area contributed by atoms with Gasteiger partial charge in [0.15, 0.2) is 6.29 Å². The predicted octanol–water partition coefficient (Wildman–Crippen LogP) is 5.48. The van der Waals surface area contributed by atoms with Gasteiger partial charge in [-0.05, 0) is 19.3 Å². The molecule has 0 aliphatic carbocycles. The first-order valence-corrected chi connectivity index (χ1v) is 22.5. The zero-order valence-electron chi connectivity index (χ0n) is 31.9. The third-order valence-corrected chi connectivity index (χ3v) is 10.2. The number of amides is 1. The second kappa shape index (κ2) is 29.1. The number of ether oxygens (including phenoxy) is 2. The van der Waals surface area contributed by atoms with E-state index in [1.54, 1.807) is 0 Å². The summed E-state index contributed by atoms with van der Waals surface area (Å²) in [4.78, 5) is 12.9. The molecule has 2 unspecified atom stereocenters. The van der Waals surface area contributed by atoms with Crippen molar-refractivity contribution < 1.29 is 63.9 Å². The van der Waals surface area contributed by atoms with E-state index >= 15 is 0 Å². The molecule has 0 saturated carbocycles. The minimum absolute atomic E-state index is 0.204. The number of aliphatic hydroxyl groups excluding tert-OH is 3. The Labute approximate surface area is 318 Å². The van der Waals surface area contributed by atoms with E-state index in [9.17, 15) is 41.5 Å². The van der Waals surface area contributed by atoms with E-state index in [2.05, 4.69) is 27.5 Å². The van der Waals surface area contributed by atoms with E-state index in [1.807, 2.05) is 6.08 Å². The van der Waals surface area contributed by atoms with E-state index in [4.69, 9.17) is 14.0 Å². The highest BCUT2D eigenvalue weighted by atomic mass is 32.3. The number of carbonyl (C=O) groups excluding carboxylic acids is 1. The number of carbonyl (C=O) groups is 1. The number of allylic oxidation sites excluding steroid dienone is 1. The van der Waals surface area contributed by atoms with Crippen LogP contribution in [0.15, 0.2) is 12.2 Å². The van der Waals surface area contributed by atoms with Gasteiger partial charge in [0.25, 0.3) is 0 Å². The van der Waals surface area contributed by atoms with Crippen LogP contribution in [-0.2, 0) is 43.4 Å². The number of rotatable bonds is 33. The Bertz CT molecular complexity index is 1190. The predicted molar refractivity (Wildman–Crippen MR) is 201 cm³/mol. The van der Waals surface area contributed by atoms with Gasteiger partial charge in [-0.25, -0.2) is 8.37 Å². The van der Waals surface area contributed by atoms with E-state index in [0.717, 1.165) is 44.9 Å². The molecule has 1 rings (SSSR count). The molecule has 0 radical (unpaired) electrons. The van der Waals surface area contributed by atoms with Gasteiger partial charge in [0, 0.05) is 6.42 Å². The van der Waals surface area contributed by atoms with Gasteiger partial charge in [-0.3, -0.25) is 13.9 Å². The zero-order valence-corrected chi connectivity index (χ0v) is 33.5. The van der Waals surface area contributed by atoms with Crippen LogP contribution in [0.1, 0.15) is 155 Å². The summed E-state index contributed by atoms with van der Waals surface area (Å²) in [5.41, 5.74) is 0. The van der Waals surface area contributed by atoms with Gasteiger partial charge in [0.1, 0.15) is 24.4 Å². The quantitative estimate of drug-likeness (QED) is 0.0274. The molecular weight excluding hydrogens is 735 g/mol. The number of unbranched alkanes of at least 4 members (excludes halogenated alkanes) is 19. The van der Waals surface area contributed by atoms with Crippen LogP contribution in [0.3, 0.4) is 0 Å². The molecule has 17 heteroatoms. The van der Waals surface area contributed by atoms with E-state index in [1.165, 1.54) is 83.1 Å². The van der Waals surface area contributed by atoms with Crippen LogP contribution in [0, 0.1) is 0 Å². The average Bonchev–Trinajstić information content (AvgIpc) is 3.09. The normalized spacial score (nSPS) is 22.3. The summed E-state index contributed by atoms with van der Waals surface area (Å²) in [6, 6.07) is -1.05. The molecule has 0 aromatic heterocycles. The lowest BCUT2D eigenvalue weighted by molar-refractivity contribution is -0.297. The second-order valence-corrected chi connectivity index (χ2v) is 16.2. The fraction of sp³-hybridized carbons (Fsp3) is 0.917. The van der Waals surface area contributed by atoms with Gasteiger partial charge < -0.3 is 30.1 Å². The van der Waals surface area contributed by atoms with Crippen LogP contribution in [-0.4, -0.2) is 103 Å². The Hall–Kier alpha value is -1.25. The van der Waals surface area contributed by atoms with Crippen molar-refractivity contribution in [3.05, 3.63) is 12.2 Å². The molecule has 7 atom stereocenters. The molecule has 0 spiro atoms. The molecule has 1 amide bonds. The molecule has 0 bridgehead atoms. The molecule has 1 saturated heterocycles. The Morgan fingerprint density at radius 3 is 1.72 bits per heavy atom. The van der Waals surface area contributed by atoms with Crippen LogP contribution in [0.5, 0.6) is 0 Å². The largest absolute Gasteiger partial charge is 0.397 e. The van der Waals surface area contributed by atoms with E-state index in [-0.39, 0.29) is 12.3 Å².